The topological polar surface area (TPSA) is 78.3 Å². The number of furan rings is 1. The number of para-hydroxylation sites is 1. The van der Waals surface area contributed by atoms with Crippen LogP contribution in [-0.4, -0.2) is 34.8 Å². The molecule has 3 aromatic rings. The van der Waals surface area contributed by atoms with Crippen LogP contribution in [0.5, 0.6) is 0 Å². The van der Waals surface area contributed by atoms with E-state index in [1.165, 1.54) is 6.92 Å². The molecule has 25 heavy (non-hydrogen) atoms. The predicted molar refractivity (Wildman–Crippen MR) is 94.8 cm³/mol. The molecule has 0 saturated carbocycles. The molecule has 2 N–H and O–H groups in total. The zero-order valence-electron chi connectivity index (χ0n) is 14.1. The molecule has 0 saturated heterocycles. The SMILES string of the molecule is CC(=O)N(CCc1c[nH]c2ccccc12)CC(=O)NCc1ccco1. The standard InChI is InChI=1S/C19H21N3O3/c1-14(23)22(13-19(24)21-12-16-5-4-10-25-16)9-8-15-11-20-18-7-3-2-6-17(15)18/h2-7,10-11,20H,8-9,12-13H2,1H3,(H,21,24). The molecule has 0 radical (unpaired) electrons. The number of hydrogen-bond acceptors (Lipinski definition) is 3. The fourth-order valence-electron chi connectivity index (χ4n) is 2.77. The molecular formula is C19H21N3O3. The molecule has 6 nitrogen and oxygen atoms in total. The fourth-order valence-corrected chi connectivity index (χ4v) is 2.77. The van der Waals surface area contributed by atoms with Crippen LogP contribution < -0.4 is 5.32 Å². The highest BCUT2D eigenvalue weighted by Gasteiger charge is 2.14. The fraction of sp³-hybridized carbons (Fsp3) is 0.263. The van der Waals surface area contributed by atoms with Crippen LogP contribution in [0.25, 0.3) is 10.9 Å². The van der Waals surface area contributed by atoms with E-state index < -0.39 is 0 Å². The zero-order chi connectivity index (χ0) is 17.6. The third-order valence-corrected chi connectivity index (χ3v) is 4.15. The highest BCUT2D eigenvalue weighted by Crippen LogP contribution is 2.18. The number of amides is 2. The molecule has 0 unspecified atom stereocenters. The van der Waals surface area contributed by atoms with E-state index in [0.717, 1.165) is 16.5 Å². The second kappa shape index (κ2) is 7.70. The largest absolute Gasteiger partial charge is 0.467 e. The van der Waals surface area contributed by atoms with E-state index in [9.17, 15) is 9.59 Å². The van der Waals surface area contributed by atoms with Crippen molar-refractivity contribution < 1.29 is 14.0 Å². The Morgan fingerprint density at radius 1 is 1.20 bits per heavy atom. The number of rotatable bonds is 7. The van der Waals surface area contributed by atoms with Gasteiger partial charge >= 0.3 is 0 Å². The Morgan fingerprint density at radius 2 is 2.04 bits per heavy atom. The monoisotopic (exact) mass is 339 g/mol. The minimum atomic E-state index is -0.203. The first kappa shape index (κ1) is 16.8. The molecule has 130 valence electrons. The van der Waals surface area contributed by atoms with Gasteiger partial charge in [0.1, 0.15) is 5.76 Å². The Morgan fingerprint density at radius 3 is 2.80 bits per heavy atom. The van der Waals surface area contributed by atoms with Crippen molar-refractivity contribution >= 4 is 22.7 Å². The molecule has 0 bridgehead atoms. The molecule has 3 rings (SSSR count). The van der Waals surface area contributed by atoms with Crippen molar-refractivity contribution in [3.8, 4) is 0 Å². The van der Waals surface area contributed by atoms with Crippen molar-refractivity contribution in [2.24, 2.45) is 0 Å². The normalized spacial score (nSPS) is 10.8. The lowest BCUT2D eigenvalue weighted by molar-refractivity contribution is -0.134. The summed E-state index contributed by atoms with van der Waals surface area (Å²) in [7, 11) is 0. The average molecular weight is 339 g/mol. The molecule has 0 aliphatic rings. The molecule has 6 heteroatoms. The Hall–Kier alpha value is -3.02. The molecule has 0 aliphatic heterocycles. The van der Waals surface area contributed by atoms with E-state index in [4.69, 9.17) is 4.42 Å². The Kier molecular flexibility index (Phi) is 5.18. The van der Waals surface area contributed by atoms with E-state index in [-0.39, 0.29) is 18.4 Å². The van der Waals surface area contributed by atoms with E-state index >= 15 is 0 Å². The smallest absolute Gasteiger partial charge is 0.240 e. The Bertz CT molecular complexity index is 852. The molecule has 0 fully saturated rings. The second-order valence-electron chi connectivity index (χ2n) is 5.91. The van der Waals surface area contributed by atoms with Crippen LogP contribution >= 0.6 is 0 Å². The Balaban J connectivity index is 1.55. The minimum Gasteiger partial charge on any atom is -0.467 e. The maximum Gasteiger partial charge on any atom is 0.240 e. The minimum absolute atomic E-state index is 0.0401. The zero-order valence-corrected chi connectivity index (χ0v) is 14.1. The third kappa shape index (κ3) is 4.29. The number of H-pyrrole nitrogens is 1. The lowest BCUT2D eigenvalue weighted by Crippen LogP contribution is -2.40. The van der Waals surface area contributed by atoms with Gasteiger partial charge in [-0.1, -0.05) is 18.2 Å². The van der Waals surface area contributed by atoms with Crippen molar-refractivity contribution in [2.45, 2.75) is 19.9 Å². The van der Waals surface area contributed by atoms with Crippen molar-refractivity contribution in [2.75, 3.05) is 13.1 Å². The maximum absolute atomic E-state index is 12.1. The molecule has 0 spiro atoms. The van der Waals surface area contributed by atoms with E-state index in [1.807, 2.05) is 24.4 Å². The maximum atomic E-state index is 12.1. The average Bonchev–Trinajstić information content (AvgIpc) is 3.26. The number of hydrogen-bond donors (Lipinski definition) is 2. The number of carbonyl (C=O) groups excluding carboxylic acids is 2. The van der Waals surface area contributed by atoms with Gasteiger partial charge < -0.3 is 19.6 Å². The van der Waals surface area contributed by atoms with Gasteiger partial charge in [-0.2, -0.15) is 0 Å². The van der Waals surface area contributed by atoms with Gasteiger partial charge in [0.2, 0.25) is 11.8 Å². The summed E-state index contributed by atoms with van der Waals surface area (Å²) < 4.78 is 5.17. The van der Waals surface area contributed by atoms with Crippen molar-refractivity contribution in [1.29, 1.82) is 0 Å². The molecule has 2 aromatic heterocycles. The highest BCUT2D eigenvalue weighted by atomic mass is 16.3. The number of fused-ring (bicyclic) bond motifs is 1. The summed E-state index contributed by atoms with van der Waals surface area (Å²) in [5.41, 5.74) is 2.21. The first-order valence-electron chi connectivity index (χ1n) is 8.23. The number of aromatic amines is 1. The summed E-state index contributed by atoms with van der Waals surface area (Å²) in [5.74, 6) is 0.361. The molecule has 0 aliphatic carbocycles. The Labute approximate surface area is 145 Å². The van der Waals surface area contributed by atoms with Gasteiger partial charge in [0.05, 0.1) is 19.4 Å². The first-order valence-corrected chi connectivity index (χ1v) is 8.23. The summed E-state index contributed by atoms with van der Waals surface area (Å²) in [6, 6.07) is 11.6. The van der Waals surface area contributed by atoms with Gasteiger partial charge in [0.15, 0.2) is 0 Å². The van der Waals surface area contributed by atoms with Gasteiger partial charge in [0, 0.05) is 30.6 Å². The lowest BCUT2D eigenvalue weighted by Gasteiger charge is -2.20. The van der Waals surface area contributed by atoms with E-state index in [1.54, 1.807) is 23.3 Å². The van der Waals surface area contributed by atoms with Crippen LogP contribution in [0.4, 0.5) is 0 Å². The summed E-state index contributed by atoms with van der Waals surface area (Å²) in [4.78, 5) is 28.7. The summed E-state index contributed by atoms with van der Waals surface area (Å²) >= 11 is 0. The van der Waals surface area contributed by atoms with Gasteiger partial charge in [-0.25, -0.2) is 0 Å². The lowest BCUT2D eigenvalue weighted by atomic mass is 10.1. The number of benzene rings is 1. The van der Waals surface area contributed by atoms with E-state index in [0.29, 0.717) is 25.3 Å². The third-order valence-electron chi connectivity index (χ3n) is 4.15. The van der Waals surface area contributed by atoms with Crippen LogP contribution in [-0.2, 0) is 22.6 Å². The van der Waals surface area contributed by atoms with Gasteiger partial charge in [-0.05, 0) is 30.2 Å². The summed E-state index contributed by atoms with van der Waals surface area (Å²) in [5, 5.41) is 3.91. The molecule has 2 amide bonds. The quantitative estimate of drug-likeness (QED) is 0.694. The highest BCUT2D eigenvalue weighted by molar-refractivity contribution is 5.84. The molecular weight excluding hydrogens is 318 g/mol. The first-order chi connectivity index (χ1) is 12.1. The van der Waals surface area contributed by atoms with Crippen LogP contribution in [0.1, 0.15) is 18.2 Å². The summed E-state index contributed by atoms with van der Waals surface area (Å²) in [6.07, 6.45) is 4.21. The second-order valence-corrected chi connectivity index (χ2v) is 5.91. The number of carbonyl (C=O) groups is 2. The molecule has 0 atom stereocenters. The van der Waals surface area contributed by atoms with Crippen molar-refractivity contribution in [3.05, 3.63) is 60.2 Å². The number of aromatic nitrogens is 1. The van der Waals surface area contributed by atoms with Crippen LogP contribution in [0.3, 0.4) is 0 Å². The number of nitrogens with one attached hydrogen (secondary N) is 2. The van der Waals surface area contributed by atoms with E-state index in [2.05, 4.69) is 16.4 Å². The van der Waals surface area contributed by atoms with Crippen LogP contribution in [0, 0.1) is 0 Å². The van der Waals surface area contributed by atoms with Crippen LogP contribution in [0.2, 0.25) is 0 Å². The van der Waals surface area contributed by atoms with Crippen LogP contribution in [0.15, 0.2) is 53.3 Å². The number of nitrogens with zero attached hydrogens (tertiary/aromatic N) is 1. The van der Waals surface area contributed by atoms with Crippen molar-refractivity contribution in [1.82, 2.24) is 15.2 Å². The predicted octanol–water partition coefficient (Wildman–Crippen LogP) is 2.47. The molecule has 1 aromatic carbocycles. The summed E-state index contributed by atoms with van der Waals surface area (Å²) in [6.45, 7) is 2.33. The van der Waals surface area contributed by atoms with Crippen molar-refractivity contribution in [3.63, 3.8) is 0 Å². The van der Waals surface area contributed by atoms with Gasteiger partial charge in [-0.3, -0.25) is 9.59 Å². The van der Waals surface area contributed by atoms with Gasteiger partial charge in [0.25, 0.3) is 0 Å². The molecule has 2 heterocycles. The van der Waals surface area contributed by atoms with Gasteiger partial charge in [-0.15, -0.1) is 0 Å².